The number of aromatic amines is 1. The first-order valence-corrected chi connectivity index (χ1v) is 5.01. The molecule has 0 fully saturated rings. The Morgan fingerprint density at radius 1 is 1.62 bits per heavy atom. The van der Waals surface area contributed by atoms with E-state index in [9.17, 15) is 4.79 Å². The van der Waals surface area contributed by atoms with Gasteiger partial charge in [-0.2, -0.15) is 5.10 Å². The Hall–Kier alpha value is -2.11. The third kappa shape index (κ3) is 2.69. The van der Waals surface area contributed by atoms with E-state index in [1.807, 2.05) is 17.7 Å². The number of nitrogens with zero attached hydrogens (tertiary/aromatic N) is 3. The summed E-state index contributed by atoms with van der Waals surface area (Å²) < 4.78 is 1.86. The summed E-state index contributed by atoms with van der Waals surface area (Å²) in [5.74, 6) is 0.508. The lowest BCUT2D eigenvalue weighted by molar-refractivity contribution is -0.116. The Morgan fingerprint density at radius 3 is 3.12 bits per heavy atom. The fourth-order valence-electron chi connectivity index (χ4n) is 1.34. The van der Waals surface area contributed by atoms with Crippen molar-refractivity contribution in [3.05, 3.63) is 30.5 Å². The molecule has 0 saturated carbocycles. The molecule has 2 rings (SSSR count). The number of hydrogen-bond donors (Lipinski definition) is 2. The molecule has 0 aliphatic heterocycles. The Balaban J connectivity index is 1.81. The van der Waals surface area contributed by atoms with E-state index >= 15 is 0 Å². The highest BCUT2D eigenvalue weighted by molar-refractivity contribution is 5.89. The highest BCUT2D eigenvalue weighted by atomic mass is 16.1. The van der Waals surface area contributed by atoms with E-state index in [1.54, 1.807) is 18.6 Å². The molecule has 6 heteroatoms. The molecular weight excluding hydrogens is 206 g/mol. The number of carbonyl (C=O) groups excluding carboxylic acids is 1. The fraction of sp³-hybridized carbons (Fsp3) is 0.300. The smallest absolute Gasteiger partial charge is 0.227 e. The van der Waals surface area contributed by atoms with Gasteiger partial charge in [0.05, 0.1) is 6.33 Å². The van der Waals surface area contributed by atoms with Crippen molar-refractivity contribution in [3.8, 4) is 0 Å². The van der Waals surface area contributed by atoms with Crippen molar-refractivity contribution in [2.45, 2.75) is 19.9 Å². The summed E-state index contributed by atoms with van der Waals surface area (Å²) in [5.41, 5.74) is 0.921. The quantitative estimate of drug-likeness (QED) is 0.803. The first-order chi connectivity index (χ1) is 7.74. The number of rotatable bonds is 4. The number of anilines is 1. The molecule has 16 heavy (non-hydrogen) atoms. The molecule has 0 aliphatic rings. The third-order valence-electron chi connectivity index (χ3n) is 2.13. The lowest BCUT2D eigenvalue weighted by atomic mass is 10.4. The number of amides is 1. The topological polar surface area (TPSA) is 75.6 Å². The van der Waals surface area contributed by atoms with Crippen LogP contribution in [0.4, 0.5) is 5.82 Å². The number of H-pyrrole nitrogens is 1. The van der Waals surface area contributed by atoms with E-state index in [1.165, 1.54) is 0 Å². The highest BCUT2D eigenvalue weighted by Gasteiger charge is 2.04. The summed E-state index contributed by atoms with van der Waals surface area (Å²) in [6.45, 7) is 2.50. The molecule has 2 aromatic heterocycles. The molecule has 0 bridgehead atoms. The molecular formula is C10H13N5O. The van der Waals surface area contributed by atoms with Gasteiger partial charge < -0.3 is 9.88 Å². The summed E-state index contributed by atoms with van der Waals surface area (Å²) in [7, 11) is 0. The molecule has 0 spiro atoms. The Morgan fingerprint density at radius 2 is 2.50 bits per heavy atom. The van der Waals surface area contributed by atoms with E-state index in [-0.39, 0.29) is 5.91 Å². The van der Waals surface area contributed by atoms with Gasteiger partial charge in [0.2, 0.25) is 5.91 Å². The molecule has 0 aromatic carbocycles. The van der Waals surface area contributed by atoms with Crippen LogP contribution in [0.5, 0.6) is 0 Å². The zero-order valence-electron chi connectivity index (χ0n) is 8.97. The molecule has 0 saturated heterocycles. The summed E-state index contributed by atoms with van der Waals surface area (Å²) in [4.78, 5) is 15.4. The van der Waals surface area contributed by atoms with Crippen LogP contribution < -0.4 is 5.32 Å². The van der Waals surface area contributed by atoms with Crippen molar-refractivity contribution in [3.63, 3.8) is 0 Å². The van der Waals surface area contributed by atoms with Crippen molar-refractivity contribution >= 4 is 11.7 Å². The van der Waals surface area contributed by atoms with Crippen LogP contribution in [0.2, 0.25) is 0 Å². The lowest BCUT2D eigenvalue weighted by Gasteiger charge is -2.02. The summed E-state index contributed by atoms with van der Waals surface area (Å²) in [6.07, 6.45) is 5.61. The molecule has 0 atom stereocenters. The lowest BCUT2D eigenvalue weighted by Crippen LogP contribution is -2.14. The molecule has 0 unspecified atom stereocenters. The Labute approximate surface area is 92.7 Å². The van der Waals surface area contributed by atoms with Gasteiger partial charge in [0, 0.05) is 37.1 Å². The molecule has 84 valence electrons. The largest absolute Gasteiger partial charge is 0.337 e. The normalized spacial score (nSPS) is 10.3. The average Bonchev–Trinajstić information content (AvgIpc) is 2.87. The molecule has 2 heterocycles. The van der Waals surface area contributed by atoms with E-state index in [2.05, 4.69) is 20.5 Å². The van der Waals surface area contributed by atoms with Crippen LogP contribution in [-0.4, -0.2) is 25.7 Å². The van der Waals surface area contributed by atoms with Gasteiger partial charge in [0.1, 0.15) is 0 Å². The van der Waals surface area contributed by atoms with Crippen LogP contribution >= 0.6 is 0 Å². The van der Waals surface area contributed by atoms with Crippen LogP contribution in [-0.2, 0) is 11.3 Å². The maximum absolute atomic E-state index is 11.5. The maximum Gasteiger partial charge on any atom is 0.227 e. The minimum Gasteiger partial charge on any atom is -0.337 e. The third-order valence-corrected chi connectivity index (χ3v) is 2.13. The minimum atomic E-state index is -0.0554. The van der Waals surface area contributed by atoms with Crippen LogP contribution in [0.3, 0.4) is 0 Å². The van der Waals surface area contributed by atoms with Crippen molar-refractivity contribution < 1.29 is 4.79 Å². The first-order valence-electron chi connectivity index (χ1n) is 5.01. The second kappa shape index (κ2) is 4.61. The Kier molecular flexibility index (Phi) is 3.00. The Bertz CT molecular complexity index is 459. The van der Waals surface area contributed by atoms with Crippen molar-refractivity contribution in [2.75, 3.05) is 5.32 Å². The number of hydrogen-bond acceptors (Lipinski definition) is 3. The molecule has 0 aliphatic carbocycles. The van der Waals surface area contributed by atoms with Crippen molar-refractivity contribution in [2.24, 2.45) is 0 Å². The first kappa shape index (κ1) is 10.4. The summed E-state index contributed by atoms with van der Waals surface area (Å²) >= 11 is 0. The predicted octanol–water partition coefficient (Wildman–Crippen LogP) is 0.943. The number of aryl methyl sites for hydroxylation is 2. The van der Waals surface area contributed by atoms with E-state index < -0.39 is 0 Å². The standard InChI is InChI=1S/C10H13N5O/c1-8-6-9(14-13-8)12-10(16)2-4-15-5-3-11-7-15/h3,5-7H,2,4H2,1H3,(H2,12,13,14,16). The number of nitrogens with one attached hydrogen (secondary N) is 2. The zero-order valence-corrected chi connectivity index (χ0v) is 8.97. The second-order valence-corrected chi connectivity index (χ2v) is 3.53. The minimum absolute atomic E-state index is 0.0554. The van der Waals surface area contributed by atoms with E-state index in [0.29, 0.717) is 18.8 Å². The number of carbonyl (C=O) groups is 1. The van der Waals surface area contributed by atoms with Gasteiger partial charge in [-0.3, -0.25) is 9.89 Å². The molecule has 2 aromatic rings. The SMILES string of the molecule is Cc1cc(NC(=O)CCn2ccnc2)n[nH]1. The summed E-state index contributed by atoms with van der Waals surface area (Å²) in [5, 5.41) is 9.40. The van der Waals surface area contributed by atoms with E-state index in [0.717, 1.165) is 5.69 Å². The van der Waals surface area contributed by atoms with Gasteiger partial charge >= 0.3 is 0 Å². The average molecular weight is 219 g/mol. The van der Waals surface area contributed by atoms with Gasteiger partial charge in [-0.1, -0.05) is 0 Å². The zero-order chi connectivity index (χ0) is 11.4. The fourth-order valence-corrected chi connectivity index (χ4v) is 1.34. The predicted molar refractivity (Wildman–Crippen MR) is 58.8 cm³/mol. The highest BCUT2D eigenvalue weighted by Crippen LogP contribution is 2.04. The van der Waals surface area contributed by atoms with Crippen LogP contribution in [0, 0.1) is 6.92 Å². The number of imidazole rings is 1. The van der Waals surface area contributed by atoms with Crippen molar-refractivity contribution in [1.29, 1.82) is 0 Å². The molecule has 0 radical (unpaired) electrons. The molecule has 1 amide bonds. The van der Waals surface area contributed by atoms with Gasteiger partial charge in [-0.15, -0.1) is 0 Å². The van der Waals surface area contributed by atoms with Gasteiger partial charge in [0.15, 0.2) is 5.82 Å². The summed E-state index contributed by atoms with van der Waals surface area (Å²) in [6, 6.07) is 1.79. The van der Waals surface area contributed by atoms with Crippen LogP contribution in [0.15, 0.2) is 24.8 Å². The maximum atomic E-state index is 11.5. The van der Waals surface area contributed by atoms with E-state index in [4.69, 9.17) is 0 Å². The van der Waals surface area contributed by atoms with Gasteiger partial charge in [-0.25, -0.2) is 4.98 Å². The van der Waals surface area contributed by atoms with Crippen LogP contribution in [0.25, 0.3) is 0 Å². The van der Waals surface area contributed by atoms with Crippen molar-refractivity contribution in [1.82, 2.24) is 19.7 Å². The monoisotopic (exact) mass is 219 g/mol. The number of aromatic nitrogens is 4. The molecule has 2 N–H and O–H groups in total. The van der Waals surface area contributed by atoms with Crippen LogP contribution in [0.1, 0.15) is 12.1 Å². The van der Waals surface area contributed by atoms with Gasteiger partial charge in [-0.05, 0) is 6.92 Å². The van der Waals surface area contributed by atoms with Gasteiger partial charge in [0.25, 0.3) is 0 Å². The molecule has 6 nitrogen and oxygen atoms in total. The second-order valence-electron chi connectivity index (χ2n) is 3.53.